The van der Waals surface area contributed by atoms with Crippen LogP contribution in [-0.4, -0.2) is 60.0 Å². The predicted octanol–water partition coefficient (Wildman–Crippen LogP) is 22.3. The summed E-state index contributed by atoms with van der Waals surface area (Å²) in [6.45, 7) is 9.41. The molecule has 17 aromatic rings. The molecule has 17 rings (SSSR count). The first-order valence-corrected chi connectivity index (χ1v) is 36.6. The highest BCUT2D eigenvalue weighted by atomic mass is 19.4. The number of halogens is 12. The van der Waals surface area contributed by atoms with Crippen molar-refractivity contribution in [2.24, 2.45) is 0 Å². The van der Waals surface area contributed by atoms with Crippen molar-refractivity contribution in [2.75, 3.05) is 0 Å². The molecular formula is C91H64F12N12O4. The fourth-order valence-corrected chi connectivity index (χ4v) is 13.6. The Kier molecular flexibility index (Phi) is 22.4. The minimum absolute atomic E-state index is 0.0657. The third-order valence-corrected chi connectivity index (χ3v) is 19.5. The second-order valence-corrected chi connectivity index (χ2v) is 28.0. The van der Waals surface area contributed by atoms with Gasteiger partial charge < -0.3 is 19.9 Å². The number of H-pyrrole nitrogens is 5. The third kappa shape index (κ3) is 18.0. The summed E-state index contributed by atoms with van der Waals surface area (Å²) < 4.78 is 162. The lowest BCUT2D eigenvalue weighted by Crippen LogP contribution is -2.12. The first kappa shape index (κ1) is 81.0. The van der Waals surface area contributed by atoms with E-state index in [2.05, 4.69) is 60.0 Å². The van der Waals surface area contributed by atoms with Crippen LogP contribution in [0.15, 0.2) is 281 Å². The van der Waals surface area contributed by atoms with Crippen LogP contribution in [0.4, 0.5) is 52.7 Å². The summed E-state index contributed by atoms with van der Waals surface area (Å²) in [5.41, 5.74) is 6.27. The topological polar surface area (TPSA) is 237 Å². The highest BCUT2D eigenvalue weighted by molar-refractivity contribution is 5.91. The summed E-state index contributed by atoms with van der Waals surface area (Å²) in [6, 6.07) is 62.6. The number of rotatable bonds is 10. The summed E-state index contributed by atoms with van der Waals surface area (Å²) in [6.07, 6.45) is -12.6. The molecule has 596 valence electrons. The number of hydrogen-bond acceptors (Lipinski definition) is 11. The maximum absolute atomic E-state index is 13.7. The fraction of sp³-hybridized carbons (Fsp3) is 0.110. The third-order valence-electron chi connectivity index (χ3n) is 19.5. The highest BCUT2D eigenvalue weighted by Gasteiger charge is 2.36. The van der Waals surface area contributed by atoms with Crippen LogP contribution in [0.25, 0.3) is 145 Å². The van der Waals surface area contributed by atoms with Crippen molar-refractivity contribution in [2.45, 2.75) is 65.2 Å². The van der Waals surface area contributed by atoms with Gasteiger partial charge in [0.25, 0.3) is 22.2 Å². The average Bonchev–Trinajstić information content (AvgIpc) is 0.831. The van der Waals surface area contributed by atoms with Crippen LogP contribution in [0.1, 0.15) is 64.3 Å². The Morgan fingerprint density at radius 3 is 1.03 bits per heavy atom. The molecule has 5 N–H and O–H groups in total. The van der Waals surface area contributed by atoms with E-state index in [0.29, 0.717) is 82.7 Å². The van der Waals surface area contributed by atoms with Gasteiger partial charge >= 0.3 is 24.7 Å². The predicted molar refractivity (Wildman–Crippen MR) is 434 cm³/mol. The molecule has 0 aliphatic heterocycles. The molecule has 0 amide bonds. The molecule has 6 aromatic heterocycles. The first-order valence-electron chi connectivity index (χ1n) is 36.6. The van der Waals surface area contributed by atoms with E-state index in [9.17, 15) is 71.9 Å². The number of nitrogens with one attached hydrogen (secondary N) is 5. The van der Waals surface area contributed by atoms with Crippen molar-refractivity contribution < 1.29 is 52.7 Å². The molecule has 0 saturated carbocycles. The normalized spacial score (nSPS) is 11.8. The molecule has 0 saturated heterocycles. The number of nitrogens with zero attached hydrogens (tertiary/aromatic N) is 7. The van der Waals surface area contributed by atoms with Crippen LogP contribution in [0, 0.1) is 20.8 Å². The Bertz CT molecular complexity index is 6920. The summed E-state index contributed by atoms with van der Waals surface area (Å²) in [4.78, 5) is 86.6. The van der Waals surface area contributed by atoms with Gasteiger partial charge in [-0.25, -0.2) is 29.9 Å². The van der Waals surface area contributed by atoms with Crippen molar-refractivity contribution >= 4 is 43.6 Å². The van der Waals surface area contributed by atoms with Gasteiger partial charge in [0, 0.05) is 52.0 Å². The van der Waals surface area contributed by atoms with E-state index in [1.807, 2.05) is 63.2 Å². The summed E-state index contributed by atoms with van der Waals surface area (Å²) in [5, 5.41) is 8.00. The Morgan fingerprint density at radius 1 is 0.311 bits per heavy atom. The monoisotopic (exact) mass is 1620 g/mol. The molecule has 0 unspecified atom stereocenters. The zero-order valence-electron chi connectivity index (χ0n) is 63.2. The Hall–Kier alpha value is -14.6. The Labute approximate surface area is 667 Å². The van der Waals surface area contributed by atoms with E-state index < -0.39 is 63.6 Å². The second kappa shape index (κ2) is 33.0. The van der Waals surface area contributed by atoms with Gasteiger partial charge in [-0.15, -0.1) is 0 Å². The molecule has 11 aromatic carbocycles. The molecule has 0 spiro atoms. The lowest BCUT2D eigenvalue weighted by molar-refractivity contribution is -0.138. The maximum Gasteiger partial charge on any atom is 0.416 e. The van der Waals surface area contributed by atoms with E-state index in [4.69, 9.17) is 0 Å². The van der Waals surface area contributed by atoms with Crippen LogP contribution in [0.3, 0.4) is 0 Å². The molecule has 0 atom stereocenters. The largest absolute Gasteiger partial charge is 0.416 e. The molecular weight excluding hydrogens is 1550 g/mol. The number of para-hydroxylation sites is 3. The summed E-state index contributed by atoms with van der Waals surface area (Å²) in [7, 11) is 0. The van der Waals surface area contributed by atoms with Crippen LogP contribution in [0.5, 0.6) is 0 Å². The number of hydrogen-bond donors (Lipinski definition) is 5. The van der Waals surface area contributed by atoms with Gasteiger partial charge in [0.1, 0.15) is 29.6 Å². The van der Waals surface area contributed by atoms with Gasteiger partial charge in [-0.2, -0.15) is 57.8 Å². The Balaban J connectivity index is 0.000000131. The van der Waals surface area contributed by atoms with Gasteiger partial charge in [-0.3, -0.25) is 24.3 Å². The van der Waals surface area contributed by atoms with E-state index >= 15 is 0 Å². The molecule has 0 radical (unpaired) electrons. The fourth-order valence-electron chi connectivity index (χ4n) is 13.6. The quantitative estimate of drug-likeness (QED) is 0.0807. The van der Waals surface area contributed by atoms with Gasteiger partial charge in [-0.1, -0.05) is 147 Å². The molecule has 0 aliphatic rings. The zero-order chi connectivity index (χ0) is 84.4. The van der Waals surface area contributed by atoms with Crippen molar-refractivity contribution in [1.29, 1.82) is 0 Å². The van der Waals surface area contributed by atoms with Crippen LogP contribution in [0.2, 0.25) is 0 Å². The summed E-state index contributed by atoms with van der Waals surface area (Å²) in [5.74, 6) is 0.458. The van der Waals surface area contributed by atoms with E-state index in [1.54, 1.807) is 147 Å². The SMILES string of the molecule is CC(C)c1cccc2c(=O)[nH]c(-c3cc(-c4ccccc4)cc(C(F)(F)F)c3)nc12.Cc1c(-c2ccccc2)ccc2c(=O)[nH]c(-c3cc(-c4ccccc4)cc(C(F)(F)F)c3)nc12.Cc1cccc2c(=O)[nH]c(-c3cc(-c4ccn[nH]4)cc(C(F)(F)F)c3)nc12.Cc1cccc2c(=O)[nH]c(-c3cc(-c4cncnc4)cc(C(F)(F)F)c3)nc12. The molecule has 0 aliphatic carbocycles. The van der Waals surface area contributed by atoms with Crippen molar-refractivity contribution in [1.82, 2.24) is 60.0 Å². The lowest BCUT2D eigenvalue weighted by Gasteiger charge is -2.14. The number of aromatic amines is 5. The lowest BCUT2D eigenvalue weighted by atomic mass is 9.97. The number of aromatic nitrogens is 12. The van der Waals surface area contributed by atoms with Crippen molar-refractivity contribution in [3.05, 3.63) is 347 Å². The van der Waals surface area contributed by atoms with Gasteiger partial charge in [0.05, 0.1) is 71.6 Å². The van der Waals surface area contributed by atoms with Gasteiger partial charge in [0.2, 0.25) is 0 Å². The number of benzene rings is 11. The first-order chi connectivity index (χ1) is 56.7. The van der Waals surface area contributed by atoms with Crippen molar-refractivity contribution in [3.8, 4) is 101 Å². The average molecular weight is 1620 g/mol. The zero-order valence-corrected chi connectivity index (χ0v) is 63.2. The smallest absolute Gasteiger partial charge is 0.306 e. The van der Waals surface area contributed by atoms with Crippen LogP contribution in [-0.2, 0) is 24.7 Å². The molecule has 119 heavy (non-hydrogen) atoms. The highest BCUT2D eigenvalue weighted by Crippen LogP contribution is 2.42. The summed E-state index contributed by atoms with van der Waals surface area (Å²) >= 11 is 0. The number of aryl methyl sites for hydroxylation is 3. The molecule has 28 heteroatoms. The van der Waals surface area contributed by atoms with Crippen molar-refractivity contribution in [3.63, 3.8) is 0 Å². The van der Waals surface area contributed by atoms with Gasteiger partial charge in [0.15, 0.2) is 0 Å². The molecule has 0 fully saturated rings. The van der Waals surface area contributed by atoms with E-state index in [0.717, 1.165) is 81.9 Å². The minimum Gasteiger partial charge on any atom is -0.306 e. The van der Waals surface area contributed by atoms with E-state index in [-0.39, 0.29) is 62.6 Å². The standard InChI is InChI=1S/C28H19F3N2O.C24H19F3N2O.C20H13F3N4O.C19H13F3N4O/c1-17-23(19-10-6-3-7-11-19)12-13-24-25(17)32-26(33-27(24)34)21-14-20(18-8-4-2-5-9-18)15-22(16-21)28(29,30)31;1-14(2)19-9-6-10-20-21(19)28-22(29-23(20)30)17-11-16(15-7-4-3-5-8-15)12-18(13-17)24(25,26)27;1-11-3-2-4-16-17(11)26-18(27-19(16)28)13-5-12(14-8-24-10-25-9-14)6-15(7-13)20(21,22)23;1-10-3-2-4-14-16(10)24-17(25-18(14)27)12-7-11(15-5-6-23-26-15)8-13(9-12)19(20,21)22/h2-16H,1H3,(H,32,33,34);3-14H,1-2H3,(H,28,29,30);2-10H,1H3,(H,26,27,28);2-9H,1H3,(H,23,26)(H,24,25,27). The van der Waals surface area contributed by atoms with Gasteiger partial charge in [-0.05, 0) is 191 Å². The Morgan fingerprint density at radius 2 is 0.647 bits per heavy atom. The minimum atomic E-state index is -4.56. The van der Waals surface area contributed by atoms with Crippen LogP contribution >= 0.6 is 0 Å². The molecule has 0 bridgehead atoms. The molecule has 6 heterocycles. The number of alkyl halides is 12. The van der Waals surface area contributed by atoms with Crippen LogP contribution < -0.4 is 22.2 Å². The molecule has 16 nitrogen and oxygen atoms in total. The number of fused-ring (bicyclic) bond motifs is 4. The maximum atomic E-state index is 13.7. The second-order valence-electron chi connectivity index (χ2n) is 28.0. The van der Waals surface area contributed by atoms with E-state index in [1.165, 1.54) is 37.1 Å².